The van der Waals surface area contributed by atoms with Crippen molar-refractivity contribution in [1.29, 1.82) is 0 Å². The van der Waals surface area contributed by atoms with Crippen molar-refractivity contribution < 1.29 is 9.53 Å². The number of nitrogens with one attached hydrogen (secondary N) is 1. The fraction of sp³-hybridized carbons (Fsp3) is 0.438. The van der Waals surface area contributed by atoms with Crippen molar-refractivity contribution in [2.24, 2.45) is 0 Å². The van der Waals surface area contributed by atoms with Crippen LogP contribution < -0.4 is 4.74 Å². The van der Waals surface area contributed by atoms with Crippen LogP contribution in [-0.2, 0) is 6.42 Å². The van der Waals surface area contributed by atoms with Crippen LogP contribution in [0.2, 0.25) is 0 Å². The maximum absolute atomic E-state index is 12.0. The zero-order valence-electron chi connectivity index (χ0n) is 13.4. The smallest absolute Gasteiger partial charge is 0.383 e. The van der Waals surface area contributed by atoms with E-state index in [1.165, 1.54) is 16.4 Å². The second-order valence-electron chi connectivity index (χ2n) is 5.63. The van der Waals surface area contributed by atoms with Crippen molar-refractivity contribution in [3.8, 4) is 5.75 Å². The fourth-order valence-electron chi connectivity index (χ4n) is 2.09. The summed E-state index contributed by atoms with van der Waals surface area (Å²) in [5.41, 5.74) is 2.18. The lowest BCUT2D eigenvalue weighted by molar-refractivity contribution is 0.228. The molecule has 0 bridgehead atoms. The van der Waals surface area contributed by atoms with Crippen LogP contribution >= 0.6 is 21.6 Å². The van der Waals surface area contributed by atoms with Gasteiger partial charge in [0.1, 0.15) is 5.75 Å². The average Bonchev–Trinajstić information content (AvgIpc) is 2.87. The molecule has 0 aliphatic carbocycles. The molecule has 0 aliphatic heterocycles. The number of aromatic amines is 1. The normalized spacial score (nSPS) is 11.5. The Balaban J connectivity index is 2.18. The van der Waals surface area contributed by atoms with Gasteiger partial charge in [-0.05, 0) is 38.2 Å². The van der Waals surface area contributed by atoms with E-state index < -0.39 is 0 Å². The second kappa shape index (κ2) is 7.94. The third-order valence-corrected chi connectivity index (χ3v) is 5.63. The Labute approximate surface area is 139 Å². The fourth-order valence-corrected chi connectivity index (χ4v) is 3.40. The topological polar surface area (TPSA) is 45.3 Å². The number of likely N-dealkylation sites (N-methyl/N-ethyl adjacent to an activating group) is 1. The first-order valence-electron chi connectivity index (χ1n) is 7.26. The van der Waals surface area contributed by atoms with Gasteiger partial charge in [-0.1, -0.05) is 30.7 Å². The van der Waals surface area contributed by atoms with Crippen LogP contribution in [0.3, 0.4) is 0 Å². The van der Waals surface area contributed by atoms with E-state index in [1.54, 1.807) is 0 Å². The number of benzene rings is 1. The van der Waals surface area contributed by atoms with Crippen LogP contribution in [0.25, 0.3) is 10.9 Å². The van der Waals surface area contributed by atoms with Gasteiger partial charge in [0, 0.05) is 39.7 Å². The second-order valence-corrected chi connectivity index (χ2v) is 8.34. The Kier molecular flexibility index (Phi) is 6.23. The molecule has 120 valence electrons. The number of ether oxygens (including phenoxy) is 1. The molecule has 1 aromatic carbocycles. The molecule has 2 aromatic rings. The van der Waals surface area contributed by atoms with Crippen LogP contribution in [0.5, 0.6) is 5.75 Å². The molecular formula is C16H22N2O2S2. The largest absolute Gasteiger partial charge is 0.417 e. The minimum atomic E-state index is -0.272. The van der Waals surface area contributed by atoms with Crippen molar-refractivity contribution in [3.63, 3.8) is 0 Å². The van der Waals surface area contributed by atoms with E-state index in [4.69, 9.17) is 4.74 Å². The quantitative estimate of drug-likeness (QED) is 0.618. The zero-order valence-corrected chi connectivity index (χ0v) is 15.0. The summed E-state index contributed by atoms with van der Waals surface area (Å²) in [5.74, 6) is 0.634. The SMILES string of the molecule is CC(C)SSC(=O)Oc1cccc2[nH]cc(CCN(C)C)c12. The predicted octanol–water partition coefficient (Wildman–Crippen LogP) is 4.56. The number of carbonyl (C=O) groups excluding carboxylic acids is 1. The van der Waals surface area contributed by atoms with Crippen molar-refractivity contribution in [3.05, 3.63) is 30.0 Å². The molecule has 4 nitrogen and oxygen atoms in total. The number of hydrogen-bond donors (Lipinski definition) is 1. The molecule has 22 heavy (non-hydrogen) atoms. The Bertz CT molecular complexity index is 638. The van der Waals surface area contributed by atoms with Crippen LogP contribution in [0.4, 0.5) is 4.79 Å². The van der Waals surface area contributed by atoms with E-state index in [1.807, 2.05) is 24.4 Å². The minimum absolute atomic E-state index is 0.272. The van der Waals surface area contributed by atoms with E-state index in [2.05, 4.69) is 37.8 Å². The van der Waals surface area contributed by atoms with Crippen LogP contribution in [0.15, 0.2) is 24.4 Å². The highest BCUT2D eigenvalue weighted by Crippen LogP contribution is 2.33. The monoisotopic (exact) mass is 338 g/mol. The van der Waals surface area contributed by atoms with Gasteiger partial charge in [-0.15, -0.1) is 0 Å². The summed E-state index contributed by atoms with van der Waals surface area (Å²) in [5, 5.41) is 1.12. The highest BCUT2D eigenvalue weighted by atomic mass is 33.1. The molecule has 0 atom stereocenters. The molecule has 0 radical (unpaired) electrons. The highest BCUT2D eigenvalue weighted by Gasteiger charge is 2.14. The zero-order chi connectivity index (χ0) is 16.1. The van der Waals surface area contributed by atoms with Crippen molar-refractivity contribution in [2.75, 3.05) is 20.6 Å². The molecule has 2 rings (SSSR count). The number of hydrogen-bond acceptors (Lipinski definition) is 5. The molecule has 0 amide bonds. The third kappa shape index (κ3) is 4.69. The Morgan fingerprint density at radius 2 is 2.14 bits per heavy atom. The van der Waals surface area contributed by atoms with Gasteiger partial charge in [-0.25, -0.2) is 4.79 Å². The van der Waals surface area contributed by atoms with Gasteiger partial charge in [0.25, 0.3) is 0 Å². The number of nitrogens with zero attached hydrogens (tertiary/aromatic N) is 1. The highest BCUT2D eigenvalue weighted by molar-refractivity contribution is 8.82. The van der Waals surface area contributed by atoms with Gasteiger partial charge in [0.15, 0.2) is 0 Å². The van der Waals surface area contributed by atoms with E-state index in [0.29, 0.717) is 11.0 Å². The standard InChI is InChI=1S/C16H22N2O2S2/c1-11(2)21-22-16(19)20-14-7-5-6-13-15(14)12(10-17-13)8-9-18(3)4/h5-7,10-11,17H,8-9H2,1-4H3. The maximum atomic E-state index is 12.0. The molecule has 0 fully saturated rings. The van der Waals surface area contributed by atoms with E-state index in [9.17, 15) is 4.79 Å². The van der Waals surface area contributed by atoms with Crippen LogP contribution in [0.1, 0.15) is 19.4 Å². The first-order chi connectivity index (χ1) is 10.5. The van der Waals surface area contributed by atoms with Crippen molar-refractivity contribution >= 4 is 37.8 Å². The molecule has 0 saturated carbocycles. The molecule has 0 spiro atoms. The first-order valence-corrected chi connectivity index (χ1v) is 9.47. The first kappa shape index (κ1) is 17.2. The Morgan fingerprint density at radius 1 is 1.36 bits per heavy atom. The van der Waals surface area contributed by atoms with Gasteiger partial charge in [0.2, 0.25) is 0 Å². The van der Waals surface area contributed by atoms with Gasteiger partial charge < -0.3 is 14.6 Å². The summed E-state index contributed by atoms with van der Waals surface area (Å²) in [7, 11) is 6.77. The molecule has 1 aromatic heterocycles. The lowest BCUT2D eigenvalue weighted by Gasteiger charge is -2.10. The number of H-pyrrole nitrogens is 1. The van der Waals surface area contributed by atoms with Crippen molar-refractivity contribution in [1.82, 2.24) is 9.88 Å². The number of rotatable bonds is 6. The third-order valence-electron chi connectivity index (χ3n) is 3.08. The predicted molar refractivity (Wildman–Crippen MR) is 96.9 cm³/mol. The maximum Gasteiger partial charge on any atom is 0.383 e. The van der Waals surface area contributed by atoms with Crippen molar-refractivity contribution in [2.45, 2.75) is 25.5 Å². The molecule has 1 N–H and O–H groups in total. The average molecular weight is 338 g/mol. The van der Waals surface area contributed by atoms with E-state index in [-0.39, 0.29) is 5.30 Å². The molecule has 0 aliphatic rings. The van der Waals surface area contributed by atoms with E-state index in [0.717, 1.165) is 34.7 Å². The summed E-state index contributed by atoms with van der Waals surface area (Å²) >= 11 is 0. The van der Waals surface area contributed by atoms with E-state index >= 15 is 0 Å². The number of fused-ring (bicyclic) bond motifs is 1. The molecule has 1 heterocycles. The van der Waals surface area contributed by atoms with Gasteiger partial charge in [0.05, 0.1) is 0 Å². The van der Waals surface area contributed by atoms with Gasteiger partial charge >= 0.3 is 5.30 Å². The summed E-state index contributed by atoms with van der Waals surface area (Å²) in [4.78, 5) is 17.4. The minimum Gasteiger partial charge on any atom is -0.417 e. The summed E-state index contributed by atoms with van der Waals surface area (Å²) in [6.07, 6.45) is 2.91. The lowest BCUT2D eigenvalue weighted by atomic mass is 10.1. The lowest BCUT2D eigenvalue weighted by Crippen LogP contribution is -2.14. The molecular weight excluding hydrogens is 316 g/mol. The summed E-state index contributed by atoms with van der Waals surface area (Å²) < 4.78 is 5.55. The van der Waals surface area contributed by atoms with Crippen LogP contribution in [0, 0.1) is 0 Å². The molecule has 0 unspecified atom stereocenters. The Hall–Kier alpha value is -1.11. The van der Waals surface area contributed by atoms with Crippen LogP contribution in [-0.4, -0.2) is 41.1 Å². The molecule has 0 saturated heterocycles. The Morgan fingerprint density at radius 3 is 2.82 bits per heavy atom. The number of aromatic nitrogens is 1. The molecule has 6 heteroatoms. The summed E-state index contributed by atoms with van der Waals surface area (Å²) in [6.45, 7) is 5.06. The van der Waals surface area contributed by atoms with Gasteiger partial charge in [-0.3, -0.25) is 0 Å². The van der Waals surface area contributed by atoms with Gasteiger partial charge in [-0.2, -0.15) is 0 Å². The number of carbonyl (C=O) groups is 1. The summed E-state index contributed by atoms with van der Waals surface area (Å²) in [6, 6.07) is 5.76.